The quantitative estimate of drug-likeness (QED) is 0.514. The Morgan fingerprint density at radius 1 is 1.23 bits per heavy atom. The number of aromatic nitrogens is 2. The number of thiophene rings is 1. The van der Waals surface area contributed by atoms with E-state index >= 15 is 0 Å². The molecule has 2 heterocycles. The molecule has 26 heavy (non-hydrogen) atoms. The third kappa shape index (κ3) is 5.52. The van der Waals surface area contributed by atoms with E-state index in [4.69, 9.17) is 11.6 Å². The van der Waals surface area contributed by atoms with Gasteiger partial charge in [0.2, 0.25) is 11.2 Å². The van der Waals surface area contributed by atoms with Crippen LogP contribution < -0.4 is 10.6 Å². The number of carbonyl (C=O) groups excluding carboxylic acids is 1. The fraction of sp³-hybridized carbons (Fsp3) is 0.167. The van der Waals surface area contributed by atoms with Gasteiger partial charge in [-0.05, 0) is 58.2 Å². The van der Waals surface area contributed by atoms with Gasteiger partial charge in [-0.1, -0.05) is 12.1 Å². The SMILES string of the molecule is Cc1cc(NCc2ccc(NC(=O)Cc3cc(Br)cs3)cc2)nc(Cl)n1. The molecule has 1 amide bonds. The topological polar surface area (TPSA) is 66.9 Å². The highest BCUT2D eigenvalue weighted by Crippen LogP contribution is 2.20. The maximum atomic E-state index is 12.1. The first-order chi connectivity index (χ1) is 12.5. The molecular weight excluding hydrogens is 436 g/mol. The van der Waals surface area contributed by atoms with Crippen LogP contribution in [0.25, 0.3) is 0 Å². The monoisotopic (exact) mass is 450 g/mol. The Balaban J connectivity index is 1.53. The molecule has 0 unspecified atom stereocenters. The Hall–Kier alpha value is -1.96. The van der Waals surface area contributed by atoms with Gasteiger partial charge in [0.1, 0.15) is 5.82 Å². The van der Waals surface area contributed by atoms with Gasteiger partial charge in [-0.3, -0.25) is 4.79 Å². The minimum absolute atomic E-state index is 0.0312. The lowest BCUT2D eigenvalue weighted by Gasteiger charge is -2.08. The maximum Gasteiger partial charge on any atom is 0.229 e. The number of amides is 1. The first-order valence-corrected chi connectivity index (χ1v) is 9.90. The van der Waals surface area contributed by atoms with Gasteiger partial charge in [-0.2, -0.15) is 0 Å². The van der Waals surface area contributed by atoms with Crippen LogP contribution in [-0.2, 0) is 17.8 Å². The zero-order chi connectivity index (χ0) is 18.5. The van der Waals surface area contributed by atoms with E-state index in [9.17, 15) is 4.79 Å². The number of halogens is 2. The predicted molar refractivity (Wildman–Crippen MR) is 110 cm³/mol. The third-order valence-electron chi connectivity index (χ3n) is 3.49. The van der Waals surface area contributed by atoms with E-state index in [-0.39, 0.29) is 11.2 Å². The van der Waals surface area contributed by atoms with Gasteiger partial charge in [0.25, 0.3) is 0 Å². The van der Waals surface area contributed by atoms with Gasteiger partial charge < -0.3 is 10.6 Å². The number of benzene rings is 1. The number of rotatable bonds is 6. The molecule has 0 aliphatic heterocycles. The number of hydrogen-bond donors (Lipinski definition) is 2. The van der Waals surface area contributed by atoms with Gasteiger partial charge in [0.05, 0.1) is 6.42 Å². The molecular formula is C18H16BrClN4OS. The molecule has 0 atom stereocenters. The molecule has 134 valence electrons. The third-order valence-corrected chi connectivity index (χ3v) is 5.36. The van der Waals surface area contributed by atoms with Crippen LogP contribution in [0, 0.1) is 6.92 Å². The first kappa shape index (κ1) is 18.8. The average Bonchev–Trinajstić information content (AvgIpc) is 2.98. The Labute approximate surface area is 169 Å². The summed E-state index contributed by atoms with van der Waals surface area (Å²) in [4.78, 5) is 21.3. The minimum atomic E-state index is -0.0312. The standard InChI is InChI=1S/C18H16BrClN4OS/c1-11-6-16(24-18(20)22-11)21-9-12-2-4-14(5-3-12)23-17(25)8-15-7-13(19)10-26-15/h2-7,10H,8-9H2,1H3,(H,23,25)(H,21,22,24). The van der Waals surface area contributed by atoms with Crippen LogP contribution >= 0.6 is 38.9 Å². The highest BCUT2D eigenvalue weighted by molar-refractivity contribution is 9.10. The molecule has 0 radical (unpaired) electrons. The maximum absolute atomic E-state index is 12.1. The molecule has 3 rings (SSSR count). The Bertz CT molecular complexity index is 894. The number of aryl methyl sites for hydroxylation is 1. The Morgan fingerprint density at radius 3 is 2.65 bits per heavy atom. The van der Waals surface area contributed by atoms with Gasteiger partial charge in [0.15, 0.2) is 0 Å². The normalized spacial score (nSPS) is 10.6. The summed E-state index contributed by atoms with van der Waals surface area (Å²) in [6.07, 6.45) is 0.368. The van der Waals surface area contributed by atoms with Gasteiger partial charge in [-0.25, -0.2) is 9.97 Å². The van der Waals surface area contributed by atoms with Crippen LogP contribution in [0.3, 0.4) is 0 Å². The number of nitrogens with zero attached hydrogens (tertiary/aromatic N) is 2. The molecule has 2 N–H and O–H groups in total. The fourth-order valence-electron chi connectivity index (χ4n) is 2.33. The number of nitrogens with one attached hydrogen (secondary N) is 2. The van der Waals surface area contributed by atoms with Crippen LogP contribution in [0.1, 0.15) is 16.1 Å². The summed E-state index contributed by atoms with van der Waals surface area (Å²) >= 11 is 10.8. The molecule has 0 saturated carbocycles. The minimum Gasteiger partial charge on any atom is -0.366 e. The second kappa shape index (κ2) is 8.62. The first-order valence-electron chi connectivity index (χ1n) is 7.85. The summed E-state index contributed by atoms with van der Waals surface area (Å²) in [6.45, 7) is 2.47. The molecule has 1 aromatic carbocycles. The molecule has 0 spiro atoms. The van der Waals surface area contributed by atoms with E-state index < -0.39 is 0 Å². The van der Waals surface area contributed by atoms with Crippen molar-refractivity contribution < 1.29 is 4.79 Å². The van der Waals surface area contributed by atoms with E-state index in [1.807, 2.05) is 48.7 Å². The molecule has 0 aliphatic carbocycles. The van der Waals surface area contributed by atoms with E-state index in [1.165, 1.54) is 0 Å². The second-order valence-electron chi connectivity index (χ2n) is 5.67. The van der Waals surface area contributed by atoms with Crippen molar-refractivity contribution in [1.82, 2.24) is 9.97 Å². The molecule has 5 nitrogen and oxygen atoms in total. The van der Waals surface area contributed by atoms with E-state index in [0.29, 0.717) is 18.8 Å². The summed E-state index contributed by atoms with van der Waals surface area (Å²) in [7, 11) is 0. The van der Waals surface area contributed by atoms with Gasteiger partial charge in [-0.15, -0.1) is 11.3 Å². The van der Waals surface area contributed by atoms with Crippen molar-refractivity contribution in [2.24, 2.45) is 0 Å². The fourth-order valence-corrected chi connectivity index (χ4v) is 4.01. The average molecular weight is 452 g/mol. The van der Waals surface area contributed by atoms with Crippen LogP contribution in [0.4, 0.5) is 11.5 Å². The summed E-state index contributed by atoms with van der Waals surface area (Å²) in [5.74, 6) is 0.651. The van der Waals surface area contributed by atoms with Crippen LogP contribution in [0.2, 0.25) is 5.28 Å². The molecule has 3 aromatic rings. The summed E-state index contributed by atoms with van der Waals surface area (Å²) in [5, 5.41) is 8.32. The van der Waals surface area contributed by atoms with Crippen molar-refractivity contribution in [2.45, 2.75) is 19.9 Å². The van der Waals surface area contributed by atoms with Crippen LogP contribution in [0.5, 0.6) is 0 Å². The highest BCUT2D eigenvalue weighted by Gasteiger charge is 2.06. The van der Waals surface area contributed by atoms with Crippen LogP contribution in [-0.4, -0.2) is 15.9 Å². The van der Waals surface area contributed by atoms with Gasteiger partial charge >= 0.3 is 0 Å². The zero-order valence-corrected chi connectivity index (χ0v) is 17.1. The van der Waals surface area contributed by atoms with Crippen molar-refractivity contribution >= 4 is 56.3 Å². The van der Waals surface area contributed by atoms with Crippen molar-refractivity contribution in [1.29, 1.82) is 0 Å². The van der Waals surface area contributed by atoms with E-state index in [2.05, 4.69) is 36.5 Å². The van der Waals surface area contributed by atoms with Crippen LogP contribution in [0.15, 0.2) is 46.3 Å². The largest absolute Gasteiger partial charge is 0.366 e. The predicted octanol–water partition coefficient (Wildman–Crippen LogP) is 5.06. The Morgan fingerprint density at radius 2 is 2.00 bits per heavy atom. The molecule has 0 fully saturated rings. The molecule has 2 aromatic heterocycles. The number of hydrogen-bond acceptors (Lipinski definition) is 5. The summed E-state index contributed by atoms with van der Waals surface area (Å²) in [6, 6.07) is 11.5. The molecule has 8 heteroatoms. The zero-order valence-electron chi connectivity index (χ0n) is 13.9. The smallest absolute Gasteiger partial charge is 0.229 e. The van der Waals surface area contributed by atoms with E-state index in [1.54, 1.807) is 11.3 Å². The lowest BCUT2D eigenvalue weighted by molar-refractivity contribution is -0.115. The second-order valence-corrected chi connectivity index (χ2v) is 7.92. The van der Waals surface area contributed by atoms with Crippen molar-refractivity contribution in [2.75, 3.05) is 10.6 Å². The van der Waals surface area contributed by atoms with Crippen molar-refractivity contribution in [3.05, 3.63) is 67.7 Å². The van der Waals surface area contributed by atoms with Crippen molar-refractivity contribution in [3.63, 3.8) is 0 Å². The summed E-state index contributed by atoms with van der Waals surface area (Å²) < 4.78 is 1.00. The lowest BCUT2D eigenvalue weighted by Crippen LogP contribution is -2.13. The molecule has 0 saturated heterocycles. The molecule has 0 aliphatic rings. The van der Waals surface area contributed by atoms with E-state index in [0.717, 1.165) is 26.3 Å². The number of anilines is 2. The highest BCUT2D eigenvalue weighted by atomic mass is 79.9. The van der Waals surface area contributed by atoms with Crippen molar-refractivity contribution in [3.8, 4) is 0 Å². The molecule has 0 bridgehead atoms. The lowest BCUT2D eigenvalue weighted by atomic mass is 10.2. The Kier molecular flexibility index (Phi) is 6.24. The number of carbonyl (C=O) groups is 1. The van der Waals surface area contributed by atoms with Gasteiger partial charge in [0, 0.05) is 38.7 Å². The summed E-state index contributed by atoms with van der Waals surface area (Å²) in [5.41, 5.74) is 2.65.